The second-order valence-corrected chi connectivity index (χ2v) is 6.26. The molecule has 0 aliphatic carbocycles. The first-order valence-corrected chi connectivity index (χ1v) is 8.64. The third-order valence-corrected chi connectivity index (χ3v) is 4.26. The largest absolute Gasteiger partial charge is 0.494 e. The molecule has 1 aromatic heterocycles. The van der Waals surface area contributed by atoms with E-state index in [1.54, 1.807) is 6.08 Å². The third-order valence-electron chi connectivity index (χ3n) is 3.30. The maximum atomic E-state index is 12.0. The number of ether oxygens (including phenoxy) is 1. The number of para-hydroxylation sites is 1. The lowest BCUT2D eigenvalue weighted by molar-refractivity contribution is -0.111. The highest BCUT2D eigenvalue weighted by Crippen LogP contribution is 2.25. The van der Waals surface area contributed by atoms with E-state index in [9.17, 15) is 4.79 Å². The second-order valence-electron chi connectivity index (χ2n) is 5.23. The maximum absolute atomic E-state index is 12.0. The van der Waals surface area contributed by atoms with E-state index >= 15 is 0 Å². The fourth-order valence-electron chi connectivity index (χ4n) is 2.14. The number of rotatable bonds is 6. The number of amides is 1. The molecule has 0 saturated heterocycles. The Morgan fingerprint density at radius 2 is 2.00 bits per heavy atom. The second kappa shape index (κ2) is 7.75. The van der Waals surface area contributed by atoms with Crippen molar-refractivity contribution >= 4 is 38.7 Å². The number of carbonyl (C=O) groups excluding carboxylic acids is 1. The van der Waals surface area contributed by atoms with Gasteiger partial charge in [0.05, 0.1) is 16.8 Å². The Morgan fingerprint density at radius 1 is 1.21 bits per heavy atom. The topological polar surface area (TPSA) is 51.2 Å². The molecule has 0 saturated carbocycles. The summed E-state index contributed by atoms with van der Waals surface area (Å²) in [6.45, 7) is 2.78. The summed E-state index contributed by atoms with van der Waals surface area (Å²) >= 11 is 1.46. The molecule has 0 spiro atoms. The molecule has 3 aromatic rings. The van der Waals surface area contributed by atoms with Gasteiger partial charge in [-0.05, 0) is 42.3 Å². The van der Waals surface area contributed by atoms with Gasteiger partial charge >= 0.3 is 0 Å². The lowest BCUT2D eigenvalue weighted by atomic mass is 10.2. The van der Waals surface area contributed by atoms with Gasteiger partial charge in [0.25, 0.3) is 0 Å². The molecular weight excluding hydrogens is 320 g/mol. The van der Waals surface area contributed by atoms with E-state index in [1.807, 2.05) is 48.5 Å². The maximum Gasteiger partial charge on any atom is 0.250 e. The van der Waals surface area contributed by atoms with Gasteiger partial charge in [0.1, 0.15) is 5.75 Å². The number of hydrogen-bond acceptors (Lipinski definition) is 4. The van der Waals surface area contributed by atoms with Gasteiger partial charge < -0.3 is 4.74 Å². The first kappa shape index (κ1) is 16.2. The van der Waals surface area contributed by atoms with Gasteiger partial charge in [-0.15, -0.1) is 0 Å². The smallest absolute Gasteiger partial charge is 0.250 e. The highest BCUT2D eigenvalue weighted by atomic mass is 32.1. The molecule has 2 aromatic carbocycles. The number of nitrogens with one attached hydrogen (secondary N) is 1. The van der Waals surface area contributed by atoms with Crippen molar-refractivity contribution in [2.75, 3.05) is 11.9 Å². The van der Waals surface area contributed by atoms with Gasteiger partial charge in [-0.2, -0.15) is 0 Å². The van der Waals surface area contributed by atoms with E-state index in [-0.39, 0.29) is 5.91 Å². The Labute approximate surface area is 144 Å². The van der Waals surface area contributed by atoms with Gasteiger partial charge in [-0.3, -0.25) is 10.1 Å². The summed E-state index contributed by atoms with van der Waals surface area (Å²) in [6, 6.07) is 15.5. The van der Waals surface area contributed by atoms with Gasteiger partial charge in [0, 0.05) is 6.08 Å². The molecule has 4 nitrogen and oxygen atoms in total. The summed E-state index contributed by atoms with van der Waals surface area (Å²) in [7, 11) is 0. The average molecular weight is 338 g/mol. The van der Waals surface area contributed by atoms with E-state index in [4.69, 9.17) is 4.74 Å². The minimum Gasteiger partial charge on any atom is -0.494 e. The van der Waals surface area contributed by atoms with Crippen LogP contribution in [0, 0.1) is 0 Å². The van der Waals surface area contributed by atoms with Crippen molar-refractivity contribution in [3.05, 3.63) is 60.2 Å². The molecule has 5 heteroatoms. The quantitative estimate of drug-likeness (QED) is 0.661. The fourth-order valence-corrected chi connectivity index (χ4v) is 3.01. The van der Waals surface area contributed by atoms with E-state index in [0.717, 1.165) is 28.0 Å². The number of benzene rings is 2. The van der Waals surface area contributed by atoms with Crippen LogP contribution in [0.25, 0.3) is 16.3 Å². The van der Waals surface area contributed by atoms with Gasteiger partial charge in [0.15, 0.2) is 5.13 Å². The molecule has 1 amide bonds. The Balaban J connectivity index is 1.60. The number of thiazole rings is 1. The van der Waals surface area contributed by atoms with Crippen LogP contribution in [-0.4, -0.2) is 17.5 Å². The molecule has 3 rings (SSSR count). The molecular formula is C19H18N2O2S. The van der Waals surface area contributed by atoms with Gasteiger partial charge in [0.2, 0.25) is 5.91 Å². The number of hydrogen-bond donors (Lipinski definition) is 1. The van der Waals surface area contributed by atoms with E-state index < -0.39 is 0 Å². The minimum atomic E-state index is -0.194. The number of fused-ring (bicyclic) bond motifs is 1. The normalized spacial score (nSPS) is 11.0. The molecule has 24 heavy (non-hydrogen) atoms. The molecule has 0 aliphatic rings. The summed E-state index contributed by atoms with van der Waals surface area (Å²) in [4.78, 5) is 16.4. The van der Waals surface area contributed by atoms with Gasteiger partial charge in [-0.25, -0.2) is 4.98 Å². The number of carbonyl (C=O) groups is 1. The third kappa shape index (κ3) is 4.20. The Hall–Kier alpha value is -2.66. The van der Waals surface area contributed by atoms with E-state index in [1.165, 1.54) is 17.4 Å². The Bertz CT molecular complexity index is 820. The van der Waals surface area contributed by atoms with Crippen LogP contribution in [0.4, 0.5) is 5.13 Å². The molecule has 122 valence electrons. The molecule has 0 unspecified atom stereocenters. The molecule has 1 heterocycles. The van der Waals surface area contributed by atoms with Crippen LogP contribution in [-0.2, 0) is 4.79 Å². The van der Waals surface area contributed by atoms with Crippen molar-refractivity contribution < 1.29 is 9.53 Å². The summed E-state index contributed by atoms with van der Waals surface area (Å²) in [5.74, 6) is 0.647. The zero-order chi connectivity index (χ0) is 16.8. The van der Waals surface area contributed by atoms with Crippen LogP contribution in [0.3, 0.4) is 0 Å². The molecule has 0 bridgehead atoms. The minimum absolute atomic E-state index is 0.194. The van der Waals surface area contributed by atoms with Crippen LogP contribution in [0.2, 0.25) is 0 Å². The monoisotopic (exact) mass is 338 g/mol. The molecule has 0 radical (unpaired) electrons. The molecule has 0 fully saturated rings. The van der Waals surface area contributed by atoms with Crippen molar-refractivity contribution in [1.82, 2.24) is 4.98 Å². The average Bonchev–Trinajstić information content (AvgIpc) is 3.01. The Kier molecular flexibility index (Phi) is 5.23. The van der Waals surface area contributed by atoms with Crippen molar-refractivity contribution in [1.29, 1.82) is 0 Å². The fraction of sp³-hybridized carbons (Fsp3) is 0.158. The van der Waals surface area contributed by atoms with Gasteiger partial charge in [-0.1, -0.05) is 42.5 Å². The van der Waals surface area contributed by atoms with Crippen molar-refractivity contribution in [3.8, 4) is 5.75 Å². The van der Waals surface area contributed by atoms with E-state index in [0.29, 0.717) is 11.7 Å². The predicted octanol–water partition coefficient (Wildman–Crippen LogP) is 4.74. The highest BCUT2D eigenvalue weighted by molar-refractivity contribution is 7.22. The summed E-state index contributed by atoms with van der Waals surface area (Å²) in [6.07, 6.45) is 4.26. The first-order chi connectivity index (χ1) is 11.7. The summed E-state index contributed by atoms with van der Waals surface area (Å²) in [5, 5.41) is 3.40. The zero-order valence-electron chi connectivity index (χ0n) is 13.4. The highest BCUT2D eigenvalue weighted by Gasteiger charge is 2.05. The Morgan fingerprint density at radius 3 is 2.75 bits per heavy atom. The van der Waals surface area contributed by atoms with Crippen LogP contribution >= 0.6 is 11.3 Å². The van der Waals surface area contributed by atoms with Crippen molar-refractivity contribution in [2.45, 2.75) is 13.3 Å². The number of aromatic nitrogens is 1. The molecule has 1 N–H and O–H groups in total. The lowest BCUT2D eigenvalue weighted by Gasteiger charge is -2.03. The SMILES string of the molecule is CCCOc1ccc(C=CC(=O)Nc2nc3ccccc3s2)cc1. The van der Waals surface area contributed by atoms with Crippen molar-refractivity contribution in [3.63, 3.8) is 0 Å². The van der Waals surface area contributed by atoms with Crippen LogP contribution in [0.1, 0.15) is 18.9 Å². The predicted molar refractivity (Wildman–Crippen MR) is 99.5 cm³/mol. The summed E-state index contributed by atoms with van der Waals surface area (Å²) < 4.78 is 6.59. The van der Waals surface area contributed by atoms with Crippen LogP contribution in [0.5, 0.6) is 5.75 Å². The molecule has 0 atom stereocenters. The lowest BCUT2D eigenvalue weighted by Crippen LogP contribution is -2.07. The zero-order valence-corrected chi connectivity index (χ0v) is 14.2. The van der Waals surface area contributed by atoms with E-state index in [2.05, 4.69) is 17.2 Å². The molecule has 0 aliphatic heterocycles. The standard InChI is InChI=1S/C19H18N2O2S/c1-2-13-23-15-10-7-14(8-11-15)9-12-18(22)21-19-20-16-5-3-4-6-17(16)24-19/h3-12H,2,13H2,1H3,(H,20,21,22). The number of nitrogens with zero attached hydrogens (tertiary/aromatic N) is 1. The van der Waals surface area contributed by atoms with Crippen LogP contribution < -0.4 is 10.1 Å². The summed E-state index contributed by atoms with van der Waals surface area (Å²) in [5.41, 5.74) is 1.84. The number of anilines is 1. The first-order valence-electron chi connectivity index (χ1n) is 7.82. The van der Waals surface area contributed by atoms with Crippen molar-refractivity contribution in [2.24, 2.45) is 0 Å². The van der Waals surface area contributed by atoms with Crippen LogP contribution in [0.15, 0.2) is 54.6 Å².